The van der Waals surface area contributed by atoms with Gasteiger partial charge in [0.2, 0.25) is 0 Å². The van der Waals surface area contributed by atoms with E-state index in [-0.39, 0.29) is 29.8 Å². The number of furan rings is 1. The Morgan fingerprint density at radius 2 is 2.04 bits per heavy atom. The number of guanidine groups is 1. The summed E-state index contributed by atoms with van der Waals surface area (Å²) in [6, 6.07) is 10.3. The second kappa shape index (κ2) is 11.1. The Morgan fingerprint density at radius 3 is 2.71 bits per heavy atom. The summed E-state index contributed by atoms with van der Waals surface area (Å²) in [5.74, 6) is 1.95. The SMILES string of the molecule is CC(C)CNC(=NCc1cccc(F)c1)NCCc1ccco1.I. The van der Waals surface area contributed by atoms with Gasteiger partial charge in [-0.1, -0.05) is 26.0 Å². The lowest BCUT2D eigenvalue weighted by atomic mass is 10.2. The number of rotatable bonds is 7. The monoisotopic (exact) mass is 445 g/mol. The van der Waals surface area contributed by atoms with Crippen LogP contribution in [-0.4, -0.2) is 19.0 Å². The van der Waals surface area contributed by atoms with Gasteiger partial charge in [0.15, 0.2) is 5.96 Å². The first kappa shape index (κ1) is 20.5. The molecule has 4 nitrogen and oxygen atoms in total. The number of nitrogens with one attached hydrogen (secondary N) is 2. The van der Waals surface area contributed by atoms with Gasteiger partial charge in [-0.05, 0) is 35.7 Å². The van der Waals surface area contributed by atoms with Gasteiger partial charge in [0.1, 0.15) is 11.6 Å². The van der Waals surface area contributed by atoms with Crippen molar-refractivity contribution >= 4 is 29.9 Å². The van der Waals surface area contributed by atoms with E-state index >= 15 is 0 Å². The highest BCUT2D eigenvalue weighted by Crippen LogP contribution is 2.05. The molecule has 0 aliphatic rings. The molecule has 1 aromatic carbocycles. The Balaban J connectivity index is 0.00000288. The van der Waals surface area contributed by atoms with Gasteiger partial charge in [-0.15, -0.1) is 24.0 Å². The van der Waals surface area contributed by atoms with Crippen molar-refractivity contribution in [3.05, 3.63) is 59.8 Å². The van der Waals surface area contributed by atoms with Crippen molar-refractivity contribution in [1.82, 2.24) is 10.6 Å². The summed E-state index contributed by atoms with van der Waals surface area (Å²) >= 11 is 0. The molecule has 6 heteroatoms. The van der Waals surface area contributed by atoms with Crippen molar-refractivity contribution in [3.63, 3.8) is 0 Å². The maximum Gasteiger partial charge on any atom is 0.191 e. The molecule has 2 rings (SSSR count). The van der Waals surface area contributed by atoms with Crippen molar-refractivity contribution in [1.29, 1.82) is 0 Å². The van der Waals surface area contributed by atoms with E-state index in [0.29, 0.717) is 12.5 Å². The largest absolute Gasteiger partial charge is 0.469 e. The van der Waals surface area contributed by atoms with E-state index in [2.05, 4.69) is 29.5 Å². The summed E-state index contributed by atoms with van der Waals surface area (Å²) in [4.78, 5) is 4.52. The first-order valence-corrected chi connectivity index (χ1v) is 7.92. The molecule has 24 heavy (non-hydrogen) atoms. The molecule has 2 N–H and O–H groups in total. The van der Waals surface area contributed by atoms with Gasteiger partial charge in [-0.3, -0.25) is 0 Å². The van der Waals surface area contributed by atoms with E-state index in [9.17, 15) is 4.39 Å². The molecule has 0 aliphatic heterocycles. The predicted octanol–water partition coefficient (Wildman–Crippen LogP) is 3.97. The lowest BCUT2D eigenvalue weighted by Gasteiger charge is -2.14. The molecule has 0 unspecified atom stereocenters. The number of halogens is 2. The highest BCUT2D eigenvalue weighted by Gasteiger charge is 2.02. The van der Waals surface area contributed by atoms with Crippen LogP contribution in [0, 0.1) is 11.7 Å². The van der Waals surface area contributed by atoms with Crippen LogP contribution in [0.1, 0.15) is 25.2 Å². The lowest BCUT2D eigenvalue weighted by Crippen LogP contribution is -2.40. The Morgan fingerprint density at radius 1 is 1.21 bits per heavy atom. The molecule has 0 aliphatic carbocycles. The Bertz CT molecular complexity index is 614. The van der Waals surface area contributed by atoms with Crippen LogP contribution in [0.5, 0.6) is 0 Å². The first-order valence-electron chi connectivity index (χ1n) is 7.92. The Kier molecular flexibility index (Phi) is 9.44. The van der Waals surface area contributed by atoms with E-state index in [4.69, 9.17) is 4.42 Å². The van der Waals surface area contributed by atoms with Gasteiger partial charge in [-0.2, -0.15) is 0 Å². The quantitative estimate of drug-likeness (QED) is 0.385. The van der Waals surface area contributed by atoms with Crippen molar-refractivity contribution < 1.29 is 8.81 Å². The fourth-order valence-electron chi connectivity index (χ4n) is 2.04. The Hall–Kier alpha value is -1.57. The normalized spacial score (nSPS) is 11.2. The first-order chi connectivity index (χ1) is 11.1. The fourth-order valence-corrected chi connectivity index (χ4v) is 2.04. The van der Waals surface area contributed by atoms with Crippen LogP contribution in [0.3, 0.4) is 0 Å². The Labute approximate surface area is 160 Å². The summed E-state index contributed by atoms with van der Waals surface area (Å²) in [5.41, 5.74) is 0.849. The van der Waals surface area contributed by atoms with Crippen molar-refractivity contribution in [2.45, 2.75) is 26.8 Å². The molecule has 0 spiro atoms. The molecular weight excluding hydrogens is 420 g/mol. The summed E-state index contributed by atoms with van der Waals surface area (Å²) in [5, 5.41) is 6.58. The maximum absolute atomic E-state index is 13.2. The molecular formula is C18H25FIN3O. The standard InChI is InChI=1S/C18H24FN3O.HI/c1-14(2)12-21-18(20-9-8-17-7-4-10-23-17)22-13-15-5-3-6-16(19)11-15;/h3-7,10-11,14H,8-9,12-13H2,1-2H3,(H2,20,21,22);1H. The zero-order valence-electron chi connectivity index (χ0n) is 14.1. The zero-order valence-corrected chi connectivity index (χ0v) is 16.4. The molecule has 1 heterocycles. The topological polar surface area (TPSA) is 49.6 Å². The van der Waals surface area contributed by atoms with E-state index in [1.54, 1.807) is 12.3 Å². The third-order valence-corrected chi connectivity index (χ3v) is 3.23. The molecule has 2 aromatic rings. The van der Waals surface area contributed by atoms with Crippen LogP contribution < -0.4 is 10.6 Å². The van der Waals surface area contributed by atoms with Crippen LogP contribution in [0.15, 0.2) is 52.1 Å². The van der Waals surface area contributed by atoms with Gasteiger partial charge >= 0.3 is 0 Å². The predicted molar refractivity (Wildman–Crippen MR) is 106 cm³/mol. The minimum atomic E-state index is -0.236. The van der Waals surface area contributed by atoms with Gasteiger partial charge < -0.3 is 15.1 Å². The molecule has 0 saturated heterocycles. The molecule has 0 saturated carbocycles. The van der Waals surface area contributed by atoms with Gasteiger partial charge in [0.25, 0.3) is 0 Å². The molecule has 1 aromatic heterocycles. The number of aliphatic imine (C=N–C) groups is 1. The van der Waals surface area contributed by atoms with Crippen LogP contribution in [0.25, 0.3) is 0 Å². The third-order valence-electron chi connectivity index (χ3n) is 3.23. The minimum Gasteiger partial charge on any atom is -0.469 e. The van der Waals surface area contributed by atoms with Gasteiger partial charge in [-0.25, -0.2) is 9.38 Å². The number of nitrogens with zero attached hydrogens (tertiary/aromatic N) is 1. The van der Waals surface area contributed by atoms with E-state index in [0.717, 1.165) is 36.8 Å². The highest BCUT2D eigenvalue weighted by molar-refractivity contribution is 14.0. The van der Waals surface area contributed by atoms with Crippen molar-refractivity contribution in [2.24, 2.45) is 10.9 Å². The number of hydrogen-bond acceptors (Lipinski definition) is 2. The highest BCUT2D eigenvalue weighted by atomic mass is 127. The molecule has 0 atom stereocenters. The van der Waals surface area contributed by atoms with E-state index < -0.39 is 0 Å². The number of hydrogen-bond donors (Lipinski definition) is 2. The van der Waals surface area contributed by atoms with Crippen LogP contribution in [0.4, 0.5) is 4.39 Å². The molecule has 132 valence electrons. The van der Waals surface area contributed by atoms with Crippen molar-refractivity contribution in [3.8, 4) is 0 Å². The van der Waals surface area contributed by atoms with Crippen molar-refractivity contribution in [2.75, 3.05) is 13.1 Å². The second-order valence-electron chi connectivity index (χ2n) is 5.83. The smallest absolute Gasteiger partial charge is 0.191 e. The minimum absolute atomic E-state index is 0. The molecule has 0 bridgehead atoms. The summed E-state index contributed by atoms with van der Waals surface area (Å²) in [7, 11) is 0. The fraction of sp³-hybridized carbons (Fsp3) is 0.389. The van der Waals surface area contributed by atoms with Crippen LogP contribution >= 0.6 is 24.0 Å². The summed E-state index contributed by atoms with van der Waals surface area (Å²) < 4.78 is 18.5. The summed E-state index contributed by atoms with van der Waals surface area (Å²) in [6.45, 7) is 6.27. The molecule has 0 radical (unpaired) electrons. The van der Waals surface area contributed by atoms with E-state index in [1.165, 1.54) is 12.1 Å². The maximum atomic E-state index is 13.2. The zero-order chi connectivity index (χ0) is 16.5. The van der Waals surface area contributed by atoms with Gasteiger partial charge in [0, 0.05) is 19.5 Å². The molecule has 0 fully saturated rings. The van der Waals surface area contributed by atoms with Gasteiger partial charge in [0.05, 0.1) is 12.8 Å². The van der Waals surface area contributed by atoms with Crippen LogP contribution in [-0.2, 0) is 13.0 Å². The van der Waals surface area contributed by atoms with E-state index in [1.807, 2.05) is 18.2 Å². The lowest BCUT2D eigenvalue weighted by molar-refractivity contribution is 0.506. The average Bonchev–Trinajstić information content (AvgIpc) is 3.02. The number of benzene rings is 1. The van der Waals surface area contributed by atoms with Crippen LogP contribution in [0.2, 0.25) is 0 Å². The second-order valence-corrected chi connectivity index (χ2v) is 5.83. The molecule has 0 amide bonds. The average molecular weight is 445 g/mol. The third kappa shape index (κ3) is 7.81. The summed E-state index contributed by atoms with van der Waals surface area (Å²) in [6.07, 6.45) is 2.46.